The minimum atomic E-state index is -0.605. The molecule has 1 aromatic heterocycles. The van der Waals surface area contributed by atoms with Gasteiger partial charge in [-0.25, -0.2) is 29.2 Å². The van der Waals surface area contributed by atoms with Gasteiger partial charge in [-0.3, -0.25) is 0 Å². The monoisotopic (exact) mass is 897 g/mol. The molecule has 336 valence electrons. The van der Waals surface area contributed by atoms with E-state index in [2.05, 4.69) is 18.3 Å². The highest BCUT2D eigenvalue weighted by Crippen LogP contribution is 2.38. The Balaban J connectivity index is 1.14. The smallest absolute Gasteiger partial charge is 0.343 e. The number of hydrogen-bond acceptors (Lipinski definition) is 14. The molecule has 0 aliphatic rings. The van der Waals surface area contributed by atoms with E-state index in [0.717, 1.165) is 73.7 Å². The number of fused-ring (bicyclic) bond motifs is 2. The number of carbonyl (C=O) groups excluding carboxylic acids is 4. The molecular formula is C51H51N3O10S. The van der Waals surface area contributed by atoms with Crippen LogP contribution >= 0.6 is 11.3 Å². The maximum atomic E-state index is 13.8. The first-order valence-corrected chi connectivity index (χ1v) is 22.2. The first kappa shape index (κ1) is 47.2. The van der Waals surface area contributed by atoms with Crippen LogP contribution in [0.15, 0.2) is 134 Å². The van der Waals surface area contributed by atoms with Crippen LogP contribution in [0.3, 0.4) is 0 Å². The van der Waals surface area contributed by atoms with Crippen molar-refractivity contribution in [2.45, 2.75) is 51.4 Å². The summed E-state index contributed by atoms with van der Waals surface area (Å²) in [5.41, 5.74) is 1.84. The van der Waals surface area contributed by atoms with E-state index in [1.807, 2.05) is 36.4 Å². The van der Waals surface area contributed by atoms with Gasteiger partial charge in [0.1, 0.15) is 23.0 Å². The van der Waals surface area contributed by atoms with Crippen LogP contribution in [0.25, 0.3) is 21.0 Å². The van der Waals surface area contributed by atoms with Crippen molar-refractivity contribution in [1.29, 1.82) is 0 Å². The van der Waals surface area contributed by atoms with E-state index in [-0.39, 0.29) is 11.5 Å². The van der Waals surface area contributed by atoms with Gasteiger partial charge < -0.3 is 28.4 Å². The summed E-state index contributed by atoms with van der Waals surface area (Å²) in [5, 5.41) is 8.03. The van der Waals surface area contributed by atoms with Crippen LogP contribution in [0.4, 0.5) is 5.13 Å². The Morgan fingerprint density at radius 3 is 1.69 bits per heavy atom. The second kappa shape index (κ2) is 24.5. The average Bonchev–Trinajstić information content (AvgIpc) is 3.78. The summed E-state index contributed by atoms with van der Waals surface area (Å²) in [5.74, 6) is -0.336. The number of hydrazone groups is 1. The van der Waals surface area contributed by atoms with Crippen molar-refractivity contribution >= 4 is 67.5 Å². The van der Waals surface area contributed by atoms with Crippen molar-refractivity contribution < 1.29 is 47.6 Å². The van der Waals surface area contributed by atoms with E-state index >= 15 is 0 Å². The van der Waals surface area contributed by atoms with Crippen molar-refractivity contribution in [3.8, 4) is 23.0 Å². The summed E-state index contributed by atoms with van der Waals surface area (Å²) in [6.45, 7) is 8.50. The van der Waals surface area contributed by atoms with Gasteiger partial charge in [0.2, 0.25) is 5.13 Å². The Kier molecular flexibility index (Phi) is 17.8. The van der Waals surface area contributed by atoms with Gasteiger partial charge in [0, 0.05) is 35.5 Å². The number of nitrogens with zero attached hydrogens (tertiary/aromatic N) is 3. The Bertz CT molecular complexity index is 2570. The number of esters is 4. The van der Waals surface area contributed by atoms with Gasteiger partial charge in [-0.2, -0.15) is 5.10 Å². The lowest BCUT2D eigenvalue weighted by Crippen LogP contribution is -2.13. The minimum Gasteiger partial charge on any atom is -0.494 e. The number of para-hydroxylation sites is 1. The number of aromatic nitrogens is 1. The summed E-state index contributed by atoms with van der Waals surface area (Å²) < 4.78 is 35.0. The molecule has 5 aromatic carbocycles. The normalized spacial score (nSPS) is 11.0. The van der Waals surface area contributed by atoms with E-state index < -0.39 is 23.9 Å². The second-order valence-electron chi connectivity index (χ2n) is 14.7. The molecule has 1 heterocycles. The zero-order valence-electron chi connectivity index (χ0n) is 36.3. The first-order valence-electron chi connectivity index (χ1n) is 21.4. The van der Waals surface area contributed by atoms with E-state index in [1.54, 1.807) is 85.0 Å². The van der Waals surface area contributed by atoms with Crippen molar-refractivity contribution in [3.63, 3.8) is 0 Å². The van der Waals surface area contributed by atoms with Crippen molar-refractivity contribution in [3.05, 3.63) is 145 Å². The topological polar surface area (TPSA) is 152 Å². The second-order valence-corrected chi connectivity index (χ2v) is 15.7. The van der Waals surface area contributed by atoms with Gasteiger partial charge in [-0.1, -0.05) is 60.9 Å². The number of thiazole rings is 1. The number of benzene rings is 5. The van der Waals surface area contributed by atoms with Crippen LogP contribution in [0, 0.1) is 0 Å². The SMILES string of the molecule is C=CC(=O)OCCCCCCOc1ccc(C(=O)Oc2cc(/C=N/N(C)c3nc4ccccc4s3)c(OC(=O)c3ccc(OCCCCCCOC(=O)C=C)cc3)c3ccccc23)cc1. The summed E-state index contributed by atoms with van der Waals surface area (Å²) >= 11 is 1.48. The van der Waals surface area contributed by atoms with Crippen LogP contribution in [0.2, 0.25) is 0 Å². The highest BCUT2D eigenvalue weighted by Gasteiger charge is 2.21. The summed E-state index contributed by atoms with van der Waals surface area (Å²) in [7, 11) is 1.77. The van der Waals surface area contributed by atoms with Gasteiger partial charge in [-0.05, 0) is 118 Å². The highest BCUT2D eigenvalue weighted by atomic mass is 32.1. The molecule has 6 aromatic rings. The molecule has 0 aliphatic heterocycles. The summed E-state index contributed by atoms with van der Waals surface area (Å²) in [6, 6.07) is 30.1. The largest absolute Gasteiger partial charge is 0.494 e. The van der Waals surface area contributed by atoms with Crippen molar-refractivity contribution in [2.75, 3.05) is 38.5 Å². The molecule has 0 saturated heterocycles. The third-order valence-electron chi connectivity index (χ3n) is 9.93. The molecule has 0 bridgehead atoms. The highest BCUT2D eigenvalue weighted by molar-refractivity contribution is 7.22. The van der Waals surface area contributed by atoms with Gasteiger partial charge in [0.15, 0.2) is 0 Å². The van der Waals surface area contributed by atoms with Crippen LogP contribution in [-0.4, -0.2) is 68.6 Å². The Hall–Kier alpha value is -7.32. The van der Waals surface area contributed by atoms with Crippen molar-refractivity contribution in [1.82, 2.24) is 4.98 Å². The number of unbranched alkanes of at least 4 members (excludes halogenated alkanes) is 6. The van der Waals surface area contributed by atoms with Gasteiger partial charge in [0.25, 0.3) is 0 Å². The lowest BCUT2D eigenvalue weighted by molar-refractivity contribution is -0.138. The molecule has 0 fully saturated rings. The van der Waals surface area contributed by atoms with Crippen molar-refractivity contribution in [2.24, 2.45) is 5.10 Å². The summed E-state index contributed by atoms with van der Waals surface area (Å²) in [4.78, 5) is 54.5. The fourth-order valence-corrected chi connectivity index (χ4v) is 7.36. The number of anilines is 1. The third kappa shape index (κ3) is 14.1. The first-order chi connectivity index (χ1) is 31.7. The summed E-state index contributed by atoms with van der Waals surface area (Å²) in [6.07, 6.45) is 10.7. The Labute approximate surface area is 381 Å². The molecule has 0 spiro atoms. The minimum absolute atomic E-state index is 0.226. The molecule has 0 unspecified atom stereocenters. The molecule has 14 heteroatoms. The predicted octanol–water partition coefficient (Wildman–Crippen LogP) is 10.7. The van der Waals surface area contributed by atoms with E-state index in [0.29, 0.717) is 70.5 Å². The van der Waals surface area contributed by atoms with Gasteiger partial charge in [0.05, 0.1) is 54.0 Å². The number of hydrogen-bond donors (Lipinski definition) is 0. The lowest BCUT2D eigenvalue weighted by atomic mass is 10.0. The maximum Gasteiger partial charge on any atom is 0.343 e. The molecule has 13 nitrogen and oxygen atoms in total. The fourth-order valence-electron chi connectivity index (χ4n) is 6.47. The lowest BCUT2D eigenvalue weighted by Gasteiger charge is -2.16. The zero-order valence-corrected chi connectivity index (χ0v) is 37.1. The van der Waals surface area contributed by atoms with Gasteiger partial charge in [-0.15, -0.1) is 0 Å². The number of ether oxygens (including phenoxy) is 6. The van der Waals surface area contributed by atoms with Crippen LogP contribution < -0.4 is 24.0 Å². The molecule has 0 saturated carbocycles. The van der Waals surface area contributed by atoms with E-state index in [4.69, 9.17) is 33.4 Å². The van der Waals surface area contributed by atoms with Gasteiger partial charge >= 0.3 is 23.9 Å². The Morgan fingerprint density at radius 2 is 1.14 bits per heavy atom. The molecule has 0 N–H and O–H groups in total. The average molecular weight is 898 g/mol. The van der Waals surface area contributed by atoms with E-state index in [1.165, 1.54) is 11.3 Å². The van der Waals surface area contributed by atoms with E-state index in [9.17, 15) is 19.2 Å². The van der Waals surface area contributed by atoms with Crippen LogP contribution in [0.1, 0.15) is 77.6 Å². The molecule has 6 rings (SSSR count). The molecule has 0 aliphatic carbocycles. The molecule has 0 amide bonds. The van der Waals surface area contributed by atoms with Crippen LogP contribution in [0.5, 0.6) is 23.0 Å². The molecule has 65 heavy (non-hydrogen) atoms. The molecule has 0 radical (unpaired) electrons. The third-order valence-corrected chi connectivity index (χ3v) is 11.0. The number of carbonyl (C=O) groups is 4. The Morgan fingerprint density at radius 1 is 0.631 bits per heavy atom. The quantitative estimate of drug-likeness (QED) is 0.0134. The maximum absolute atomic E-state index is 13.8. The predicted molar refractivity (Wildman–Crippen MR) is 253 cm³/mol. The standard InChI is InChI=1S/C51H51N3O10S/c1-4-46(55)61-32-16-8-6-14-30-59-39-26-22-36(23-27-39)49(57)63-44-34-38(35-52-54(3)51-53-43-20-12-13-21-45(43)65-51)48(42-19-11-10-18-41(42)44)64-50(58)37-24-28-40(29-25-37)60-31-15-7-9-17-33-62-47(56)5-2/h4-5,10-13,18-29,34-35H,1-2,6-9,14-17,30-33H2,3H3/b52-35+. The fraction of sp³-hybridized carbons (Fsp3) is 0.255. The molecule has 0 atom stereocenters. The number of rotatable bonds is 25. The zero-order chi connectivity index (χ0) is 45.8. The van der Waals surface area contributed by atoms with Crippen LogP contribution in [-0.2, 0) is 19.1 Å². The molecular weight excluding hydrogens is 847 g/mol.